The van der Waals surface area contributed by atoms with Crippen LogP contribution in [0, 0.1) is 6.92 Å². The quantitative estimate of drug-likeness (QED) is 0.707. The highest BCUT2D eigenvalue weighted by molar-refractivity contribution is 5.92. The zero-order chi connectivity index (χ0) is 17.5. The molecule has 1 amide bonds. The first-order valence-corrected chi connectivity index (χ1v) is 8.32. The van der Waals surface area contributed by atoms with Crippen molar-refractivity contribution in [3.63, 3.8) is 0 Å². The van der Waals surface area contributed by atoms with Crippen molar-refractivity contribution in [3.8, 4) is 5.75 Å². The summed E-state index contributed by atoms with van der Waals surface area (Å²) in [6.07, 6.45) is 0.363. The fourth-order valence-electron chi connectivity index (χ4n) is 2.59. The summed E-state index contributed by atoms with van der Waals surface area (Å²) in [7, 11) is 0. The molecule has 3 aromatic carbocycles. The molecule has 0 heterocycles. The molecule has 3 rings (SSSR count). The van der Waals surface area contributed by atoms with Gasteiger partial charge in [-0.1, -0.05) is 60.7 Å². The summed E-state index contributed by atoms with van der Waals surface area (Å²) < 4.78 is 5.80. The number of hydrogen-bond donors (Lipinski definition) is 1. The lowest BCUT2D eigenvalue weighted by Gasteiger charge is -2.10. The third-order valence-corrected chi connectivity index (χ3v) is 3.98. The molecule has 0 saturated carbocycles. The highest BCUT2D eigenvalue weighted by atomic mass is 16.5. The van der Waals surface area contributed by atoms with Gasteiger partial charge in [0.2, 0.25) is 5.91 Å². The molecule has 25 heavy (non-hydrogen) atoms. The Balaban J connectivity index is 1.59. The Kier molecular flexibility index (Phi) is 5.47. The van der Waals surface area contributed by atoms with Crippen molar-refractivity contribution in [3.05, 3.63) is 95.6 Å². The molecule has 0 saturated heterocycles. The van der Waals surface area contributed by atoms with Crippen molar-refractivity contribution < 1.29 is 9.53 Å². The second-order valence-electron chi connectivity index (χ2n) is 5.95. The lowest BCUT2D eigenvalue weighted by atomic mass is 10.1. The standard InChI is InChI=1S/C22H21NO2/c1-17-8-5-6-11-19(17)14-22(24)23-20-12-7-13-21(15-20)25-16-18-9-3-2-4-10-18/h2-13,15H,14,16H2,1H3,(H,23,24). The van der Waals surface area contributed by atoms with E-state index in [0.29, 0.717) is 13.0 Å². The van der Waals surface area contributed by atoms with Gasteiger partial charge in [0.15, 0.2) is 0 Å². The summed E-state index contributed by atoms with van der Waals surface area (Å²) in [5.41, 5.74) is 4.01. The monoisotopic (exact) mass is 331 g/mol. The Labute approximate surface area is 148 Å². The van der Waals surface area contributed by atoms with Gasteiger partial charge in [-0.05, 0) is 35.7 Å². The minimum atomic E-state index is -0.0329. The van der Waals surface area contributed by atoms with Crippen LogP contribution in [0.4, 0.5) is 5.69 Å². The van der Waals surface area contributed by atoms with Crippen LogP contribution in [0.3, 0.4) is 0 Å². The Hall–Kier alpha value is -3.07. The number of nitrogens with one attached hydrogen (secondary N) is 1. The van der Waals surface area contributed by atoms with Crippen LogP contribution in [-0.4, -0.2) is 5.91 Å². The number of hydrogen-bond acceptors (Lipinski definition) is 2. The van der Waals surface area contributed by atoms with E-state index in [9.17, 15) is 4.79 Å². The molecule has 0 spiro atoms. The Morgan fingerprint density at radius 3 is 2.48 bits per heavy atom. The van der Waals surface area contributed by atoms with E-state index >= 15 is 0 Å². The number of rotatable bonds is 6. The van der Waals surface area contributed by atoms with Crippen molar-refractivity contribution in [1.82, 2.24) is 0 Å². The summed E-state index contributed by atoms with van der Waals surface area (Å²) in [6, 6.07) is 25.4. The average molecular weight is 331 g/mol. The van der Waals surface area contributed by atoms with E-state index in [1.165, 1.54) is 0 Å². The Morgan fingerprint density at radius 1 is 0.920 bits per heavy atom. The van der Waals surface area contributed by atoms with Crippen LogP contribution < -0.4 is 10.1 Å². The minimum absolute atomic E-state index is 0.0329. The molecule has 3 aromatic rings. The molecule has 0 aromatic heterocycles. The zero-order valence-electron chi connectivity index (χ0n) is 14.2. The number of anilines is 1. The van der Waals surface area contributed by atoms with E-state index in [-0.39, 0.29) is 5.91 Å². The maximum absolute atomic E-state index is 12.3. The number of aryl methyl sites for hydroxylation is 1. The van der Waals surface area contributed by atoms with Crippen molar-refractivity contribution in [1.29, 1.82) is 0 Å². The molecule has 0 aliphatic heterocycles. The van der Waals surface area contributed by atoms with Gasteiger partial charge in [0.1, 0.15) is 12.4 Å². The molecule has 3 heteroatoms. The number of carbonyl (C=O) groups excluding carboxylic acids is 1. The van der Waals surface area contributed by atoms with Crippen LogP contribution in [0.25, 0.3) is 0 Å². The van der Waals surface area contributed by atoms with Crippen molar-refractivity contribution >= 4 is 11.6 Å². The van der Waals surface area contributed by atoms with Crippen LogP contribution in [0.5, 0.6) is 5.75 Å². The molecule has 0 aliphatic carbocycles. The number of ether oxygens (including phenoxy) is 1. The average Bonchev–Trinajstić information content (AvgIpc) is 2.63. The smallest absolute Gasteiger partial charge is 0.228 e. The summed E-state index contributed by atoms with van der Waals surface area (Å²) in [5.74, 6) is 0.701. The maximum Gasteiger partial charge on any atom is 0.228 e. The molecular formula is C22H21NO2. The SMILES string of the molecule is Cc1ccccc1CC(=O)Nc1cccc(OCc2ccccc2)c1. The molecular weight excluding hydrogens is 310 g/mol. The first-order valence-electron chi connectivity index (χ1n) is 8.32. The van der Waals surface area contributed by atoms with E-state index in [1.807, 2.05) is 85.8 Å². The van der Waals surface area contributed by atoms with Crippen LogP contribution in [0.1, 0.15) is 16.7 Å². The van der Waals surface area contributed by atoms with Crippen LogP contribution >= 0.6 is 0 Å². The van der Waals surface area contributed by atoms with E-state index < -0.39 is 0 Å². The molecule has 0 radical (unpaired) electrons. The third-order valence-electron chi connectivity index (χ3n) is 3.98. The van der Waals surface area contributed by atoms with Crippen molar-refractivity contribution in [2.24, 2.45) is 0 Å². The second kappa shape index (κ2) is 8.15. The lowest BCUT2D eigenvalue weighted by molar-refractivity contribution is -0.115. The number of amides is 1. The molecule has 0 unspecified atom stereocenters. The van der Waals surface area contributed by atoms with Gasteiger partial charge in [0, 0.05) is 11.8 Å². The number of carbonyl (C=O) groups is 1. The van der Waals surface area contributed by atoms with Crippen molar-refractivity contribution in [2.45, 2.75) is 20.0 Å². The lowest BCUT2D eigenvalue weighted by Crippen LogP contribution is -2.15. The number of benzene rings is 3. The topological polar surface area (TPSA) is 38.3 Å². The first kappa shape index (κ1) is 16.8. The zero-order valence-corrected chi connectivity index (χ0v) is 14.2. The first-order chi connectivity index (χ1) is 12.2. The fraction of sp³-hybridized carbons (Fsp3) is 0.136. The molecule has 0 bridgehead atoms. The summed E-state index contributed by atoms with van der Waals surface area (Å²) in [5, 5.41) is 2.94. The minimum Gasteiger partial charge on any atom is -0.489 e. The predicted molar refractivity (Wildman–Crippen MR) is 101 cm³/mol. The highest BCUT2D eigenvalue weighted by Crippen LogP contribution is 2.19. The van der Waals surface area contributed by atoms with Gasteiger partial charge < -0.3 is 10.1 Å². The fourth-order valence-corrected chi connectivity index (χ4v) is 2.59. The second-order valence-corrected chi connectivity index (χ2v) is 5.95. The van der Waals surface area contributed by atoms with Gasteiger partial charge in [-0.3, -0.25) is 4.79 Å². The molecule has 3 nitrogen and oxygen atoms in total. The van der Waals surface area contributed by atoms with Crippen LogP contribution in [0.15, 0.2) is 78.9 Å². The summed E-state index contributed by atoms with van der Waals surface area (Å²) in [4.78, 5) is 12.3. The van der Waals surface area contributed by atoms with Crippen molar-refractivity contribution in [2.75, 3.05) is 5.32 Å². The highest BCUT2D eigenvalue weighted by Gasteiger charge is 2.07. The molecule has 1 N–H and O–H groups in total. The van der Waals surface area contributed by atoms with Gasteiger partial charge in [-0.15, -0.1) is 0 Å². The molecule has 0 atom stereocenters. The summed E-state index contributed by atoms with van der Waals surface area (Å²) in [6.45, 7) is 2.52. The normalized spacial score (nSPS) is 10.3. The van der Waals surface area contributed by atoms with Crippen LogP contribution in [0.2, 0.25) is 0 Å². The van der Waals surface area contributed by atoms with E-state index in [2.05, 4.69) is 5.32 Å². The largest absolute Gasteiger partial charge is 0.489 e. The van der Waals surface area contributed by atoms with Gasteiger partial charge in [-0.25, -0.2) is 0 Å². The molecule has 0 fully saturated rings. The Bertz CT molecular complexity index is 843. The third kappa shape index (κ3) is 4.95. The van der Waals surface area contributed by atoms with Crippen LogP contribution in [-0.2, 0) is 17.8 Å². The summed E-state index contributed by atoms with van der Waals surface area (Å²) >= 11 is 0. The Morgan fingerprint density at radius 2 is 1.68 bits per heavy atom. The van der Waals surface area contributed by atoms with Gasteiger partial charge >= 0.3 is 0 Å². The van der Waals surface area contributed by atoms with Gasteiger partial charge in [0.25, 0.3) is 0 Å². The van der Waals surface area contributed by atoms with E-state index in [0.717, 1.165) is 28.1 Å². The predicted octanol–water partition coefficient (Wildman–Crippen LogP) is 4.76. The van der Waals surface area contributed by atoms with Gasteiger partial charge in [0.05, 0.1) is 6.42 Å². The maximum atomic E-state index is 12.3. The van der Waals surface area contributed by atoms with E-state index in [4.69, 9.17) is 4.74 Å². The van der Waals surface area contributed by atoms with Gasteiger partial charge in [-0.2, -0.15) is 0 Å². The molecule has 126 valence electrons. The molecule has 0 aliphatic rings. The van der Waals surface area contributed by atoms with E-state index in [1.54, 1.807) is 0 Å².